The van der Waals surface area contributed by atoms with Crippen molar-refractivity contribution in [2.45, 2.75) is 50.4 Å². The zero-order valence-electron chi connectivity index (χ0n) is 14.9. The van der Waals surface area contributed by atoms with Crippen molar-refractivity contribution in [2.75, 3.05) is 12.3 Å². The highest BCUT2D eigenvalue weighted by Gasteiger charge is 2.19. The van der Waals surface area contributed by atoms with Crippen LogP contribution in [0.1, 0.15) is 39.0 Å². The summed E-state index contributed by atoms with van der Waals surface area (Å²) in [5.41, 5.74) is 0. The molecule has 1 saturated carbocycles. The first-order chi connectivity index (χ1) is 12.3. The van der Waals surface area contributed by atoms with Gasteiger partial charge in [-0.3, -0.25) is 4.79 Å². The molecule has 0 bridgehead atoms. The minimum absolute atomic E-state index is 0.0114. The second-order valence-corrected chi connectivity index (χ2v) is 8.00. The highest BCUT2D eigenvalue weighted by atomic mass is 32.2. The molecule has 0 spiro atoms. The number of hydrogen-bond acceptors (Lipinski definition) is 3. The zero-order chi connectivity index (χ0) is 17.5. The van der Waals surface area contributed by atoms with Crippen LogP contribution in [0, 0.1) is 0 Å². The van der Waals surface area contributed by atoms with Crippen LogP contribution < -0.4 is 10.1 Å². The topological polar surface area (TPSA) is 38.3 Å². The maximum atomic E-state index is 12.4. The Balaban J connectivity index is 1.49. The van der Waals surface area contributed by atoms with E-state index < -0.39 is 6.10 Å². The van der Waals surface area contributed by atoms with E-state index in [4.69, 9.17) is 4.74 Å². The minimum Gasteiger partial charge on any atom is -0.481 e. The van der Waals surface area contributed by atoms with Crippen molar-refractivity contribution in [1.82, 2.24) is 5.32 Å². The molecule has 2 aromatic rings. The molecule has 134 valence electrons. The molecular formula is C21H27NO2S. The van der Waals surface area contributed by atoms with Gasteiger partial charge >= 0.3 is 0 Å². The Morgan fingerprint density at radius 2 is 1.96 bits per heavy atom. The van der Waals surface area contributed by atoms with E-state index in [1.165, 1.54) is 31.1 Å². The lowest BCUT2D eigenvalue weighted by atomic mass is 10.1. The number of amides is 1. The van der Waals surface area contributed by atoms with Crippen LogP contribution in [0.2, 0.25) is 0 Å². The van der Waals surface area contributed by atoms with E-state index in [0.717, 1.165) is 28.7 Å². The Bertz CT molecular complexity index is 697. The predicted molar refractivity (Wildman–Crippen MR) is 106 cm³/mol. The molecule has 3 rings (SSSR count). The molecule has 0 radical (unpaired) electrons. The van der Waals surface area contributed by atoms with Crippen molar-refractivity contribution in [3.05, 3.63) is 42.5 Å². The number of nitrogens with one attached hydrogen (secondary N) is 1. The van der Waals surface area contributed by atoms with Crippen LogP contribution in [0.4, 0.5) is 0 Å². The standard InChI is InChI=1S/C21H27NO2S/c1-2-20(21(23)22-13-14-25-19-9-5-6-10-19)24-18-12-11-16-7-3-4-8-17(16)15-18/h3-4,7-8,11-12,15,19-20H,2,5-6,9-10,13-14H2,1H3,(H,22,23)/t20-/m1/s1. The monoisotopic (exact) mass is 357 g/mol. The smallest absolute Gasteiger partial charge is 0.261 e. The third kappa shape index (κ3) is 5.15. The van der Waals surface area contributed by atoms with Crippen LogP contribution in [0.5, 0.6) is 5.75 Å². The first-order valence-electron chi connectivity index (χ1n) is 9.31. The molecule has 1 amide bonds. The van der Waals surface area contributed by atoms with E-state index >= 15 is 0 Å². The van der Waals surface area contributed by atoms with Crippen LogP contribution in [0.15, 0.2) is 42.5 Å². The van der Waals surface area contributed by atoms with Crippen molar-refractivity contribution in [3.8, 4) is 5.75 Å². The van der Waals surface area contributed by atoms with E-state index in [1.807, 2.05) is 49.0 Å². The van der Waals surface area contributed by atoms with Crippen molar-refractivity contribution in [1.29, 1.82) is 0 Å². The molecule has 3 nitrogen and oxygen atoms in total. The Labute approximate surface area is 154 Å². The second kappa shape index (κ2) is 9.14. The fourth-order valence-electron chi connectivity index (χ4n) is 3.30. The van der Waals surface area contributed by atoms with Gasteiger partial charge in [-0.2, -0.15) is 11.8 Å². The molecule has 1 fully saturated rings. The van der Waals surface area contributed by atoms with Gasteiger partial charge in [-0.15, -0.1) is 0 Å². The van der Waals surface area contributed by atoms with Crippen molar-refractivity contribution in [2.24, 2.45) is 0 Å². The van der Waals surface area contributed by atoms with Crippen LogP contribution in [0.25, 0.3) is 10.8 Å². The molecule has 1 N–H and O–H groups in total. The van der Waals surface area contributed by atoms with E-state index in [-0.39, 0.29) is 5.91 Å². The molecule has 0 aliphatic heterocycles. The molecule has 4 heteroatoms. The van der Waals surface area contributed by atoms with Crippen LogP contribution in [-0.4, -0.2) is 29.6 Å². The Morgan fingerprint density at radius 1 is 1.20 bits per heavy atom. The van der Waals surface area contributed by atoms with Gasteiger partial charge in [0.05, 0.1) is 0 Å². The van der Waals surface area contributed by atoms with Gasteiger partial charge < -0.3 is 10.1 Å². The SMILES string of the molecule is CC[C@@H](Oc1ccc2ccccc2c1)C(=O)NCCSC1CCCC1. The lowest BCUT2D eigenvalue weighted by molar-refractivity contribution is -0.127. The molecule has 0 aromatic heterocycles. The summed E-state index contributed by atoms with van der Waals surface area (Å²) >= 11 is 2.00. The van der Waals surface area contributed by atoms with Crippen LogP contribution >= 0.6 is 11.8 Å². The summed E-state index contributed by atoms with van der Waals surface area (Å²) < 4.78 is 5.95. The number of carbonyl (C=O) groups excluding carboxylic acids is 1. The predicted octanol–water partition coefficient (Wildman–Crippen LogP) is 4.79. The Morgan fingerprint density at radius 3 is 2.72 bits per heavy atom. The Kier molecular flexibility index (Phi) is 6.62. The number of rotatable bonds is 8. The molecule has 1 aliphatic rings. The van der Waals surface area contributed by atoms with Gasteiger partial charge in [-0.25, -0.2) is 0 Å². The molecule has 1 atom stereocenters. The van der Waals surface area contributed by atoms with Gasteiger partial charge in [0, 0.05) is 17.5 Å². The maximum Gasteiger partial charge on any atom is 0.261 e. The number of benzene rings is 2. The van der Waals surface area contributed by atoms with Gasteiger partial charge in [0.15, 0.2) is 6.10 Å². The number of thioether (sulfide) groups is 1. The average Bonchev–Trinajstić information content (AvgIpc) is 3.16. The van der Waals surface area contributed by atoms with Gasteiger partial charge in [0.2, 0.25) is 0 Å². The minimum atomic E-state index is -0.433. The first-order valence-corrected chi connectivity index (χ1v) is 10.4. The van der Waals surface area contributed by atoms with Crippen molar-refractivity contribution >= 4 is 28.4 Å². The van der Waals surface area contributed by atoms with Crippen molar-refractivity contribution in [3.63, 3.8) is 0 Å². The largest absolute Gasteiger partial charge is 0.481 e. The molecule has 0 saturated heterocycles. The Hall–Kier alpha value is -1.68. The summed E-state index contributed by atoms with van der Waals surface area (Å²) in [5.74, 6) is 1.73. The fraction of sp³-hybridized carbons (Fsp3) is 0.476. The van der Waals surface area contributed by atoms with E-state index in [9.17, 15) is 4.79 Å². The molecule has 2 aromatic carbocycles. The van der Waals surface area contributed by atoms with E-state index in [1.54, 1.807) is 0 Å². The molecular weight excluding hydrogens is 330 g/mol. The first kappa shape index (κ1) is 18.1. The summed E-state index contributed by atoms with van der Waals surface area (Å²) in [7, 11) is 0. The van der Waals surface area contributed by atoms with E-state index in [2.05, 4.69) is 17.4 Å². The number of ether oxygens (including phenoxy) is 1. The summed E-state index contributed by atoms with van der Waals surface area (Å²) in [6.07, 6.45) is 5.62. The van der Waals surface area contributed by atoms with Gasteiger partial charge in [-0.05, 0) is 42.2 Å². The van der Waals surface area contributed by atoms with Crippen molar-refractivity contribution < 1.29 is 9.53 Å². The summed E-state index contributed by atoms with van der Waals surface area (Å²) in [6.45, 7) is 2.70. The van der Waals surface area contributed by atoms with Gasteiger partial charge in [-0.1, -0.05) is 50.1 Å². The summed E-state index contributed by atoms with van der Waals surface area (Å²) in [4.78, 5) is 12.4. The second-order valence-electron chi connectivity index (χ2n) is 6.59. The number of hydrogen-bond donors (Lipinski definition) is 1. The third-order valence-corrected chi connectivity index (χ3v) is 6.10. The molecule has 0 unspecified atom stereocenters. The summed E-state index contributed by atoms with van der Waals surface area (Å²) in [6, 6.07) is 14.1. The highest BCUT2D eigenvalue weighted by Crippen LogP contribution is 2.29. The fourth-order valence-corrected chi connectivity index (χ4v) is 4.52. The lowest BCUT2D eigenvalue weighted by Gasteiger charge is -2.18. The third-order valence-electron chi connectivity index (χ3n) is 4.72. The van der Waals surface area contributed by atoms with Gasteiger partial charge in [0.25, 0.3) is 5.91 Å². The number of carbonyl (C=O) groups is 1. The van der Waals surface area contributed by atoms with Crippen LogP contribution in [0.3, 0.4) is 0 Å². The average molecular weight is 358 g/mol. The quantitative estimate of drug-likeness (QED) is 0.690. The normalized spacial score (nSPS) is 16.0. The number of fused-ring (bicyclic) bond motifs is 1. The zero-order valence-corrected chi connectivity index (χ0v) is 15.7. The molecule has 0 heterocycles. The summed E-state index contributed by atoms with van der Waals surface area (Å²) in [5, 5.41) is 6.13. The lowest BCUT2D eigenvalue weighted by Crippen LogP contribution is -2.39. The highest BCUT2D eigenvalue weighted by molar-refractivity contribution is 7.99. The maximum absolute atomic E-state index is 12.4. The van der Waals surface area contributed by atoms with E-state index in [0.29, 0.717) is 6.42 Å². The molecule has 25 heavy (non-hydrogen) atoms. The molecule has 1 aliphatic carbocycles. The van der Waals surface area contributed by atoms with Gasteiger partial charge in [0.1, 0.15) is 5.75 Å². The van der Waals surface area contributed by atoms with Crippen LogP contribution in [-0.2, 0) is 4.79 Å².